The van der Waals surface area contributed by atoms with Gasteiger partial charge in [0.1, 0.15) is 0 Å². The molecular formula is C9H18ClNO2. The Morgan fingerprint density at radius 2 is 2.15 bits per heavy atom. The van der Waals surface area contributed by atoms with Crippen LogP contribution in [-0.2, 0) is 4.79 Å². The lowest BCUT2D eigenvalue weighted by Crippen LogP contribution is -2.38. The molecule has 0 saturated carbocycles. The smallest absolute Gasteiger partial charge is 0.222 e. The minimum absolute atomic E-state index is 0.0186. The van der Waals surface area contributed by atoms with Crippen LogP contribution in [0.2, 0.25) is 0 Å². The van der Waals surface area contributed by atoms with Crippen molar-refractivity contribution in [3.8, 4) is 0 Å². The molecule has 1 N–H and O–H groups in total. The highest BCUT2D eigenvalue weighted by Crippen LogP contribution is 2.03. The van der Waals surface area contributed by atoms with E-state index < -0.39 is 0 Å². The first kappa shape index (κ1) is 12.7. The van der Waals surface area contributed by atoms with Gasteiger partial charge in [-0.3, -0.25) is 4.79 Å². The lowest BCUT2D eigenvalue weighted by molar-refractivity contribution is -0.133. The van der Waals surface area contributed by atoms with Crippen LogP contribution >= 0.6 is 11.6 Å². The third kappa shape index (κ3) is 5.11. The van der Waals surface area contributed by atoms with Crippen LogP contribution < -0.4 is 0 Å². The molecule has 0 atom stereocenters. The lowest BCUT2D eigenvalue weighted by Gasteiger charge is -2.25. The van der Waals surface area contributed by atoms with Crippen molar-refractivity contribution in [3.05, 3.63) is 0 Å². The van der Waals surface area contributed by atoms with Crippen molar-refractivity contribution >= 4 is 17.5 Å². The molecule has 0 unspecified atom stereocenters. The van der Waals surface area contributed by atoms with E-state index in [0.717, 1.165) is 0 Å². The summed E-state index contributed by atoms with van der Waals surface area (Å²) < 4.78 is 0. The highest BCUT2D eigenvalue weighted by atomic mass is 35.5. The predicted octanol–water partition coefficient (Wildman–Crippen LogP) is 1.23. The molecule has 78 valence electrons. The Morgan fingerprint density at radius 1 is 1.54 bits per heavy atom. The second-order valence-corrected chi connectivity index (χ2v) is 3.57. The van der Waals surface area contributed by atoms with Gasteiger partial charge in [-0.05, 0) is 20.3 Å². The van der Waals surface area contributed by atoms with E-state index in [0.29, 0.717) is 25.3 Å². The number of halogens is 1. The maximum absolute atomic E-state index is 11.5. The molecule has 1 amide bonds. The molecule has 0 fully saturated rings. The van der Waals surface area contributed by atoms with Crippen LogP contribution in [0.3, 0.4) is 0 Å². The number of aliphatic hydroxyl groups is 1. The quantitative estimate of drug-likeness (QED) is 0.666. The second-order valence-electron chi connectivity index (χ2n) is 3.20. The fourth-order valence-corrected chi connectivity index (χ4v) is 1.27. The summed E-state index contributed by atoms with van der Waals surface area (Å²) in [6, 6.07) is 0.148. The SMILES string of the molecule is CC(C)N(CCO)C(=O)CCCCl. The van der Waals surface area contributed by atoms with Crippen LogP contribution in [0.1, 0.15) is 26.7 Å². The van der Waals surface area contributed by atoms with Gasteiger partial charge in [0.05, 0.1) is 6.61 Å². The van der Waals surface area contributed by atoms with Gasteiger partial charge in [-0.2, -0.15) is 0 Å². The zero-order chi connectivity index (χ0) is 10.3. The minimum atomic E-state index is 0.0186. The van der Waals surface area contributed by atoms with Crippen LogP contribution in [-0.4, -0.2) is 41.0 Å². The van der Waals surface area contributed by atoms with Gasteiger partial charge < -0.3 is 10.0 Å². The number of nitrogens with zero attached hydrogens (tertiary/aromatic N) is 1. The first-order valence-electron chi connectivity index (χ1n) is 4.59. The van der Waals surface area contributed by atoms with Gasteiger partial charge in [0, 0.05) is 24.9 Å². The molecule has 13 heavy (non-hydrogen) atoms. The molecule has 0 spiro atoms. The number of alkyl halides is 1. The Kier molecular flexibility index (Phi) is 7.00. The van der Waals surface area contributed by atoms with Crippen LogP contribution in [0.25, 0.3) is 0 Å². The van der Waals surface area contributed by atoms with Crippen LogP contribution in [0.5, 0.6) is 0 Å². The molecule has 4 heteroatoms. The summed E-state index contributed by atoms with van der Waals surface area (Å²) in [5.41, 5.74) is 0. The highest BCUT2D eigenvalue weighted by molar-refractivity contribution is 6.17. The number of carbonyl (C=O) groups is 1. The van der Waals surface area contributed by atoms with Crippen molar-refractivity contribution in [2.75, 3.05) is 19.0 Å². The van der Waals surface area contributed by atoms with E-state index in [-0.39, 0.29) is 18.6 Å². The van der Waals surface area contributed by atoms with Crippen molar-refractivity contribution in [2.24, 2.45) is 0 Å². The van der Waals surface area contributed by atoms with Gasteiger partial charge in [0.15, 0.2) is 0 Å². The molecule has 0 aliphatic heterocycles. The average molecular weight is 208 g/mol. The molecule has 0 aromatic rings. The third-order valence-electron chi connectivity index (χ3n) is 1.81. The second kappa shape index (κ2) is 7.15. The molecule has 0 aliphatic carbocycles. The van der Waals surface area contributed by atoms with Crippen molar-refractivity contribution in [2.45, 2.75) is 32.7 Å². The summed E-state index contributed by atoms with van der Waals surface area (Å²) in [5, 5.41) is 8.74. The Morgan fingerprint density at radius 3 is 2.54 bits per heavy atom. The first-order valence-corrected chi connectivity index (χ1v) is 5.13. The topological polar surface area (TPSA) is 40.5 Å². The number of hydrogen-bond acceptors (Lipinski definition) is 2. The molecule has 0 aromatic heterocycles. The van der Waals surface area contributed by atoms with E-state index in [9.17, 15) is 4.79 Å². The number of rotatable bonds is 6. The van der Waals surface area contributed by atoms with Gasteiger partial charge in [0.2, 0.25) is 5.91 Å². The normalized spacial score (nSPS) is 10.5. The van der Waals surface area contributed by atoms with Crippen molar-refractivity contribution in [1.29, 1.82) is 0 Å². The molecule has 0 radical (unpaired) electrons. The third-order valence-corrected chi connectivity index (χ3v) is 2.08. The Balaban J connectivity index is 3.96. The zero-order valence-corrected chi connectivity index (χ0v) is 9.05. The summed E-state index contributed by atoms with van der Waals surface area (Å²) in [5.74, 6) is 0.585. The van der Waals surface area contributed by atoms with E-state index in [4.69, 9.17) is 16.7 Å². The van der Waals surface area contributed by atoms with Crippen LogP contribution in [0.15, 0.2) is 0 Å². The van der Waals surface area contributed by atoms with Gasteiger partial charge in [-0.15, -0.1) is 11.6 Å². The number of aliphatic hydroxyl groups excluding tert-OH is 1. The molecule has 0 rings (SSSR count). The summed E-state index contributed by atoms with van der Waals surface area (Å²) >= 11 is 5.49. The molecule has 0 aromatic carbocycles. The number of amides is 1. The zero-order valence-electron chi connectivity index (χ0n) is 8.29. The summed E-state index contributed by atoms with van der Waals surface area (Å²) in [7, 11) is 0. The van der Waals surface area contributed by atoms with E-state index in [1.165, 1.54) is 0 Å². The molecule has 0 bridgehead atoms. The highest BCUT2D eigenvalue weighted by Gasteiger charge is 2.14. The Labute approximate surface area is 84.7 Å². The van der Waals surface area contributed by atoms with Gasteiger partial charge >= 0.3 is 0 Å². The van der Waals surface area contributed by atoms with E-state index in [1.807, 2.05) is 13.8 Å². The van der Waals surface area contributed by atoms with Gasteiger partial charge in [-0.1, -0.05) is 0 Å². The molecular weight excluding hydrogens is 190 g/mol. The number of carbonyl (C=O) groups excluding carboxylic acids is 1. The monoisotopic (exact) mass is 207 g/mol. The van der Waals surface area contributed by atoms with E-state index in [1.54, 1.807) is 4.90 Å². The van der Waals surface area contributed by atoms with Gasteiger partial charge in [-0.25, -0.2) is 0 Å². The van der Waals surface area contributed by atoms with Crippen molar-refractivity contribution < 1.29 is 9.90 Å². The Bertz CT molecular complexity index is 151. The fraction of sp³-hybridized carbons (Fsp3) is 0.889. The largest absolute Gasteiger partial charge is 0.395 e. The van der Waals surface area contributed by atoms with E-state index in [2.05, 4.69) is 0 Å². The standard InChI is InChI=1S/C9H18ClNO2/c1-8(2)11(6-7-12)9(13)4-3-5-10/h8,12H,3-7H2,1-2H3. The molecule has 0 aliphatic rings. The molecule has 0 saturated heterocycles. The summed E-state index contributed by atoms with van der Waals surface area (Å²) in [6.45, 7) is 4.31. The maximum atomic E-state index is 11.5. The van der Waals surface area contributed by atoms with E-state index >= 15 is 0 Å². The van der Waals surface area contributed by atoms with Crippen molar-refractivity contribution in [3.63, 3.8) is 0 Å². The molecule has 3 nitrogen and oxygen atoms in total. The lowest BCUT2D eigenvalue weighted by atomic mass is 10.2. The average Bonchev–Trinajstić information content (AvgIpc) is 2.09. The molecule has 0 heterocycles. The summed E-state index contributed by atoms with van der Waals surface area (Å²) in [6.07, 6.45) is 1.18. The fourth-order valence-electron chi connectivity index (χ4n) is 1.14. The van der Waals surface area contributed by atoms with Crippen molar-refractivity contribution in [1.82, 2.24) is 4.90 Å². The Hall–Kier alpha value is -0.280. The minimum Gasteiger partial charge on any atom is -0.395 e. The van der Waals surface area contributed by atoms with Crippen LogP contribution in [0, 0.1) is 0 Å². The number of hydrogen-bond donors (Lipinski definition) is 1. The first-order chi connectivity index (χ1) is 6.13. The van der Waals surface area contributed by atoms with Gasteiger partial charge in [0.25, 0.3) is 0 Å². The predicted molar refractivity (Wildman–Crippen MR) is 53.9 cm³/mol. The van der Waals surface area contributed by atoms with Crippen LogP contribution in [0.4, 0.5) is 0 Å². The summed E-state index contributed by atoms with van der Waals surface area (Å²) in [4.78, 5) is 13.2. The maximum Gasteiger partial charge on any atom is 0.222 e.